The fourth-order valence-electron chi connectivity index (χ4n) is 2.65. The van der Waals surface area contributed by atoms with E-state index in [1.807, 2.05) is 19.1 Å². The molecular formula is C20H27IN4O3. The molecule has 0 aliphatic heterocycles. The van der Waals surface area contributed by atoms with Crippen LogP contribution in [0.3, 0.4) is 0 Å². The van der Waals surface area contributed by atoms with Crippen LogP contribution in [0, 0.1) is 17.0 Å². The van der Waals surface area contributed by atoms with Crippen molar-refractivity contribution in [1.29, 1.82) is 0 Å². The van der Waals surface area contributed by atoms with Crippen LogP contribution in [0.5, 0.6) is 5.75 Å². The number of ether oxygens (including phenoxy) is 1. The number of nitrogens with one attached hydrogen (secondary N) is 2. The second-order valence-corrected chi connectivity index (χ2v) is 6.11. The molecule has 2 aromatic rings. The number of aryl methyl sites for hydroxylation is 1. The van der Waals surface area contributed by atoms with Crippen LogP contribution in [0.1, 0.15) is 23.6 Å². The van der Waals surface area contributed by atoms with Gasteiger partial charge < -0.3 is 15.4 Å². The zero-order valence-corrected chi connectivity index (χ0v) is 18.7. The summed E-state index contributed by atoms with van der Waals surface area (Å²) in [6, 6.07) is 12.6. The highest BCUT2D eigenvalue weighted by Gasteiger charge is 2.05. The minimum Gasteiger partial charge on any atom is -0.496 e. The van der Waals surface area contributed by atoms with E-state index in [9.17, 15) is 10.1 Å². The summed E-state index contributed by atoms with van der Waals surface area (Å²) in [7, 11) is 1.68. The fraction of sp³-hybridized carbons (Fsp3) is 0.350. The zero-order chi connectivity index (χ0) is 19.6. The van der Waals surface area contributed by atoms with Gasteiger partial charge in [0.1, 0.15) is 5.75 Å². The van der Waals surface area contributed by atoms with E-state index in [1.165, 1.54) is 17.7 Å². The lowest BCUT2D eigenvalue weighted by atomic mass is 10.1. The van der Waals surface area contributed by atoms with Crippen molar-refractivity contribution >= 4 is 35.6 Å². The van der Waals surface area contributed by atoms with E-state index in [0.29, 0.717) is 19.0 Å². The van der Waals surface area contributed by atoms with Gasteiger partial charge in [-0.05, 0) is 37.5 Å². The first-order valence-electron chi connectivity index (χ1n) is 8.92. The monoisotopic (exact) mass is 498 g/mol. The molecule has 0 spiro atoms. The van der Waals surface area contributed by atoms with Crippen LogP contribution < -0.4 is 15.4 Å². The second-order valence-electron chi connectivity index (χ2n) is 6.11. The first-order chi connectivity index (χ1) is 13.0. The first-order valence-corrected chi connectivity index (χ1v) is 8.92. The maximum absolute atomic E-state index is 10.7. The Balaban J connectivity index is 0.00000392. The van der Waals surface area contributed by atoms with Crippen molar-refractivity contribution in [2.75, 3.05) is 20.2 Å². The van der Waals surface area contributed by atoms with E-state index in [0.717, 1.165) is 29.8 Å². The number of halogens is 1. The smallest absolute Gasteiger partial charge is 0.269 e. The zero-order valence-electron chi connectivity index (χ0n) is 16.4. The van der Waals surface area contributed by atoms with Crippen molar-refractivity contribution in [3.05, 3.63) is 69.3 Å². The molecule has 0 unspecified atom stereocenters. The Bertz CT molecular complexity index is 795. The van der Waals surface area contributed by atoms with E-state index in [-0.39, 0.29) is 29.7 Å². The van der Waals surface area contributed by atoms with Gasteiger partial charge in [0.15, 0.2) is 5.96 Å². The SMILES string of the molecule is CCNC(=NCc1ccc([N+](=O)[O-])cc1)NCCc1cc(C)ccc1OC.I. The average molecular weight is 498 g/mol. The number of aliphatic imine (C=N–C) groups is 1. The number of methoxy groups -OCH3 is 1. The Hall–Kier alpha value is -2.36. The highest BCUT2D eigenvalue weighted by atomic mass is 127. The van der Waals surface area contributed by atoms with Gasteiger partial charge in [0, 0.05) is 25.2 Å². The Kier molecular flexibility index (Phi) is 10.3. The largest absolute Gasteiger partial charge is 0.496 e. The summed E-state index contributed by atoms with van der Waals surface area (Å²) in [5.41, 5.74) is 3.35. The van der Waals surface area contributed by atoms with Gasteiger partial charge in [-0.15, -0.1) is 24.0 Å². The lowest BCUT2D eigenvalue weighted by Crippen LogP contribution is -2.38. The molecule has 28 heavy (non-hydrogen) atoms. The van der Waals surface area contributed by atoms with Crippen LogP contribution >= 0.6 is 24.0 Å². The van der Waals surface area contributed by atoms with Crippen molar-refractivity contribution in [3.63, 3.8) is 0 Å². The minimum atomic E-state index is -0.405. The van der Waals surface area contributed by atoms with Gasteiger partial charge >= 0.3 is 0 Å². The number of nitro groups is 1. The number of hydrogen-bond acceptors (Lipinski definition) is 4. The molecule has 2 rings (SSSR count). The summed E-state index contributed by atoms with van der Waals surface area (Å²) < 4.78 is 5.42. The molecule has 0 aliphatic carbocycles. The first kappa shape index (κ1) is 23.7. The number of rotatable bonds is 8. The van der Waals surface area contributed by atoms with Crippen LogP contribution in [-0.4, -0.2) is 31.1 Å². The van der Waals surface area contributed by atoms with Gasteiger partial charge in [0.05, 0.1) is 18.6 Å². The third kappa shape index (κ3) is 7.34. The molecule has 0 bridgehead atoms. The minimum absolute atomic E-state index is 0. The summed E-state index contributed by atoms with van der Waals surface area (Å²) in [6.07, 6.45) is 0.812. The number of non-ortho nitro benzene ring substituents is 1. The lowest BCUT2D eigenvalue weighted by Gasteiger charge is -2.13. The number of nitrogens with zero attached hydrogens (tertiary/aromatic N) is 2. The summed E-state index contributed by atoms with van der Waals surface area (Å²) in [5, 5.41) is 17.2. The van der Waals surface area contributed by atoms with Crippen LogP contribution in [0.15, 0.2) is 47.5 Å². The van der Waals surface area contributed by atoms with Crippen LogP contribution in [0.2, 0.25) is 0 Å². The summed E-state index contributed by atoms with van der Waals surface area (Å²) in [4.78, 5) is 14.9. The molecule has 0 aliphatic rings. The van der Waals surface area contributed by atoms with Crippen LogP contribution in [-0.2, 0) is 13.0 Å². The third-order valence-electron chi connectivity index (χ3n) is 4.03. The molecule has 152 valence electrons. The number of guanidine groups is 1. The molecule has 0 saturated heterocycles. The van der Waals surface area contributed by atoms with Crippen molar-refractivity contribution in [3.8, 4) is 5.75 Å². The Morgan fingerprint density at radius 2 is 1.89 bits per heavy atom. The molecule has 0 amide bonds. The second kappa shape index (κ2) is 12.2. The van der Waals surface area contributed by atoms with Crippen molar-refractivity contribution in [1.82, 2.24) is 10.6 Å². The lowest BCUT2D eigenvalue weighted by molar-refractivity contribution is -0.384. The predicted molar refractivity (Wildman–Crippen MR) is 123 cm³/mol. The van der Waals surface area contributed by atoms with Gasteiger partial charge in [-0.25, -0.2) is 4.99 Å². The average Bonchev–Trinajstić information content (AvgIpc) is 2.66. The third-order valence-corrected chi connectivity index (χ3v) is 4.03. The molecule has 7 nitrogen and oxygen atoms in total. The maximum Gasteiger partial charge on any atom is 0.269 e. The van der Waals surface area contributed by atoms with Crippen molar-refractivity contribution in [2.24, 2.45) is 4.99 Å². The molecule has 2 aromatic carbocycles. The highest BCUT2D eigenvalue weighted by Crippen LogP contribution is 2.19. The Morgan fingerprint density at radius 3 is 2.50 bits per heavy atom. The molecular weight excluding hydrogens is 471 g/mol. The van der Waals surface area contributed by atoms with Gasteiger partial charge in [-0.1, -0.05) is 29.8 Å². The van der Waals surface area contributed by atoms with Crippen molar-refractivity contribution < 1.29 is 9.66 Å². The Labute approximate surface area is 182 Å². The van der Waals surface area contributed by atoms with Gasteiger partial charge in [0.25, 0.3) is 5.69 Å². The van der Waals surface area contributed by atoms with Gasteiger partial charge in [-0.3, -0.25) is 10.1 Å². The van der Waals surface area contributed by atoms with Gasteiger partial charge in [-0.2, -0.15) is 0 Å². The summed E-state index contributed by atoms with van der Waals surface area (Å²) >= 11 is 0. The quantitative estimate of drug-likeness (QED) is 0.190. The van der Waals surface area contributed by atoms with E-state index < -0.39 is 4.92 Å². The number of nitro benzene ring substituents is 1. The Morgan fingerprint density at radius 1 is 1.18 bits per heavy atom. The van der Waals surface area contributed by atoms with Crippen molar-refractivity contribution in [2.45, 2.75) is 26.8 Å². The van der Waals surface area contributed by atoms with Gasteiger partial charge in [0.2, 0.25) is 0 Å². The molecule has 8 heteroatoms. The topological polar surface area (TPSA) is 88.8 Å². The van der Waals surface area contributed by atoms with Crippen LogP contribution in [0.4, 0.5) is 5.69 Å². The van der Waals surface area contributed by atoms with E-state index in [2.05, 4.69) is 28.6 Å². The fourth-order valence-corrected chi connectivity index (χ4v) is 2.65. The highest BCUT2D eigenvalue weighted by molar-refractivity contribution is 14.0. The van der Waals surface area contributed by atoms with E-state index in [1.54, 1.807) is 19.2 Å². The standard InChI is InChI=1S/C20H26N4O3.HI/c1-4-21-20(23-14-16-6-8-18(9-7-16)24(25)26)22-12-11-17-13-15(2)5-10-19(17)27-3;/h5-10,13H,4,11-12,14H2,1-3H3,(H2,21,22,23);1H. The molecule has 0 saturated carbocycles. The molecule has 0 radical (unpaired) electrons. The number of hydrogen-bond donors (Lipinski definition) is 2. The summed E-state index contributed by atoms with van der Waals surface area (Å²) in [6.45, 7) is 5.98. The maximum atomic E-state index is 10.7. The van der Waals surface area contributed by atoms with E-state index in [4.69, 9.17) is 4.74 Å². The predicted octanol–water partition coefficient (Wildman–Crippen LogP) is 3.83. The molecule has 0 fully saturated rings. The normalized spacial score (nSPS) is 10.8. The van der Waals surface area contributed by atoms with E-state index >= 15 is 0 Å². The number of benzene rings is 2. The molecule has 2 N–H and O–H groups in total. The summed E-state index contributed by atoms with van der Waals surface area (Å²) in [5.74, 6) is 1.60. The van der Waals surface area contributed by atoms with Crippen LogP contribution in [0.25, 0.3) is 0 Å². The molecule has 0 atom stereocenters. The molecule has 0 heterocycles. The molecule has 0 aromatic heterocycles.